The van der Waals surface area contributed by atoms with E-state index in [0.29, 0.717) is 35.9 Å². The lowest BCUT2D eigenvalue weighted by Gasteiger charge is -2.15. The number of hydrogen-bond acceptors (Lipinski definition) is 5. The highest BCUT2D eigenvalue weighted by Crippen LogP contribution is 2.36. The highest BCUT2D eigenvalue weighted by Gasteiger charge is 2.21. The first-order chi connectivity index (χ1) is 16.4. The van der Waals surface area contributed by atoms with Crippen LogP contribution >= 0.6 is 0 Å². The Hall–Kier alpha value is -3.87. The summed E-state index contributed by atoms with van der Waals surface area (Å²) in [6, 6.07) is 15.6. The van der Waals surface area contributed by atoms with E-state index in [-0.39, 0.29) is 11.9 Å². The number of rotatable bonds is 8. The molecule has 0 saturated carbocycles. The van der Waals surface area contributed by atoms with Crippen LogP contribution in [0.5, 0.6) is 11.5 Å². The first kappa shape index (κ1) is 23.3. The molecule has 0 radical (unpaired) electrons. The lowest BCUT2D eigenvalue weighted by Crippen LogP contribution is -2.28. The first-order valence-corrected chi connectivity index (χ1v) is 11.5. The number of nitrogens with one attached hydrogen (secondary N) is 1. The molecule has 1 N–H and O–H groups in total. The number of carbonyl (C=O) groups excluding carboxylic acids is 1. The zero-order valence-electron chi connectivity index (χ0n) is 20.3. The molecule has 0 aliphatic carbocycles. The number of amides is 1. The van der Waals surface area contributed by atoms with Crippen molar-refractivity contribution < 1.29 is 14.3 Å². The summed E-state index contributed by atoms with van der Waals surface area (Å²) in [6.45, 7) is 10.8. The Morgan fingerprint density at radius 3 is 2.44 bits per heavy atom. The summed E-state index contributed by atoms with van der Waals surface area (Å²) in [5.74, 6) is 1.21. The first-order valence-electron chi connectivity index (χ1n) is 11.5. The predicted molar refractivity (Wildman–Crippen MR) is 133 cm³/mol. The average molecular weight is 459 g/mol. The fourth-order valence-corrected chi connectivity index (χ4v) is 4.07. The van der Waals surface area contributed by atoms with Crippen LogP contribution in [-0.2, 0) is 0 Å². The van der Waals surface area contributed by atoms with Crippen LogP contribution in [0.15, 0.2) is 54.7 Å². The van der Waals surface area contributed by atoms with Gasteiger partial charge in [-0.25, -0.2) is 9.50 Å². The predicted octanol–water partition coefficient (Wildman–Crippen LogP) is 5.30. The average Bonchev–Trinajstić information content (AvgIpc) is 3.18. The van der Waals surface area contributed by atoms with Crippen LogP contribution in [0, 0.1) is 13.8 Å². The van der Waals surface area contributed by atoms with Gasteiger partial charge in [0, 0.05) is 11.8 Å². The molecule has 0 saturated heterocycles. The van der Waals surface area contributed by atoms with E-state index in [0.717, 1.165) is 28.1 Å². The van der Waals surface area contributed by atoms with Crippen molar-refractivity contribution in [2.75, 3.05) is 13.2 Å². The number of fused-ring (bicyclic) bond motifs is 1. The van der Waals surface area contributed by atoms with Gasteiger partial charge in [0.15, 0.2) is 17.1 Å². The number of carbonyl (C=O) groups is 1. The van der Waals surface area contributed by atoms with E-state index in [1.165, 1.54) is 0 Å². The van der Waals surface area contributed by atoms with Crippen LogP contribution < -0.4 is 14.8 Å². The van der Waals surface area contributed by atoms with Crippen molar-refractivity contribution in [1.29, 1.82) is 0 Å². The molecule has 1 amide bonds. The molecule has 7 heteroatoms. The quantitative estimate of drug-likeness (QED) is 0.388. The Morgan fingerprint density at radius 1 is 1.03 bits per heavy atom. The number of benzene rings is 2. The summed E-state index contributed by atoms with van der Waals surface area (Å²) in [7, 11) is 0. The van der Waals surface area contributed by atoms with E-state index in [4.69, 9.17) is 14.6 Å². The maximum atomic E-state index is 13.0. The van der Waals surface area contributed by atoms with Crippen molar-refractivity contribution >= 4 is 11.6 Å². The Balaban J connectivity index is 1.70. The maximum absolute atomic E-state index is 13.0. The van der Waals surface area contributed by atoms with Crippen LogP contribution in [0.4, 0.5) is 0 Å². The number of hydrogen-bond donors (Lipinski definition) is 1. The van der Waals surface area contributed by atoms with Crippen LogP contribution in [-0.4, -0.2) is 33.7 Å². The van der Waals surface area contributed by atoms with E-state index in [1.807, 2.05) is 83.1 Å². The van der Waals surface area contributed by atoms with Gasteiger partial charge in [-0.2, -0.15) is 5.10 Å². The van der Waals surface area contributed by atoms with Crippen molar-refractivity contribution in [2.24, 2.45) is 0 Å². The Bertz CT molecular complexity index is 1310. The van der Waals surface area contributed by atoms with Crippen molar-refractivity contribution in [3.05, 3.63) is 77.2 Å². The summed E-state index contributed by atoms with van der Waals surface area (Å²) in [5.41, 5.74) is 5.60. The summed E-state index contributed by atoms with van der Waals surface area (Å²) in [6.07, 6.45) is 1.63. The van der Waals surface area contributed by atoms with Gasteiger partial charge in [0.1, 0.15) is 0 Å². The maximum Gasteiger partial charge on any atom is 0.255 e. The number of ether oxygens (including phenoxy) is 2. The third kappa shape index (κ3) is 4.46. The molecular formula is C27H30N4O3. The normalized spacial score (nSPS) is 11.9. The number of aryl methyl sites for hydroxylation is 2. The fraction of sp³-hybridized carbons (Fsp3) is 0.296. The second kappa shape index (κ2) is 9.95. The summed E-state index contributed by atoms with van der Waals surface area (Å²) < 4.78 is 13.2. The van der Waals surface area contributed by atoms with Crippen LogP contribution in [0.1, 0.15) is 54.1 Å². The smallest absolute Gasteiger partial charge is 0.255 e. The van der Waals surface area contributed by atoms with Gasteiger partial charge in [0.05, 0.1) is 36.2 Å². The van der Waals surface area contributed by atoms with Gasteiger partial charge in [-0.05, 0) is 57.9 Å². The van der Waals surface area contributed by atoms with Crippen molar-refractivity contribution in [3.8, 4) is 22.6 Å². The van der Waals surface area contributed by atoms with E-state index >= 15 is 0 Å². The van der Waals surface area contributed by atoms with Crippen LogP contribution in [0.3, 0.4) is 0 Å². The third-order valence-electron chi connectivity index (χ3n) is 5.78. The molecule has 4 aromatic rings. The molecule has 4 rings (SSSR count). The van der Waals surface area contributed by atoms with Crippen molar-refractivity contribution in [1.82, 2.24) is 19.9 Å². The molecule has 2 aromatic carbocycles. The molecule has 0 spiro atoms. The van der Waals surface area contributed by atoms with Gasteiger partial charge >= 0.3 is 0 Å². The highest BCUT2D eigenvalue weighted by molar-refractivity contribution is 5.96. The lowest BCUT2D eigenvalue weighted by atomic mass is 10.1. The monoisotopic (exact) mass is 458 g/mol. The van der Waals surface area contributed by atoms with Gasteiger partial charge in [0.25, 0.3) is 5.91 Å². The topological polar surface area (TPSA) is 77.8 Å². The van der Waals surface area contributed by atoms with E-state index in [2.05, 4.69) is 10.3 Å². The SMILES string of the molecule is CCOc1ccc(-c2c(C)nn3c(C)c(C(=O)N[C@@H](C)c4ccccc4)cnc23)cc1OCC. The summed E-state index contributed by atoms with van der Waals surface area (Å²) >= 11 is 0. The zero-order chi connectivity index (χ0) is 24.2. The molecule has 0 fully saturated rings. The van der Waals surface area contributed by atoms with Crippen molar-refractivity contribution in [3.63, 3.8) is 0 Å². The second-order valence-corrected chi connectivity index (χ2v) is 8.09. The molecule has 1 atom stereocenters. The molecular weight excluding hydrogens is 428 g/mol. The summed E-state index contributed by atoms with van der Waals surface area (Å²) in [5, 5.41) is 7.77. The number of nitrogens with zero attached hydrogens (tertiary/aromatic N) is 3. The second-order valence-electron chi connectivity index (χ2n) is 8.09. The van der Waals surface area contributed by atoms with E-state index in [1.54, 1.807) is 10.7 Å². The van der Waals surface area contributed by atoms with Crippen LogP contribution in [0.25, 0.3) is 16.8 Å². The molecule has 0 aliphatic heterocycles. The van der Waals surface area contributed by atoms with E-state index in [9.17, 15) is 4.79 Å². The fourth-order valence-electron chi connectivity index (χ4n) is 4.07. The molecule has 2 heterocycles. The molecule has 34 heavy (non-hydrogen) atoms. The molecule has 0 aliphatic rings. The Kier molecular flexibility index (Phi) is 6.82. The minimum atomic E-state index is -0.183. The van der Waals surface area contributed by atoms with Gasteiger partial charge in [-0.15, -0.1) is 0 Å². The Morgan fingerprint density at radius 2 is 1.74 bits per heavy atom. The standard InChI is InChI=1S/C27H30N4O3/c1-6-33-23-14-13-21(15-24(23)34-7-2)25-18(4)30-31-19(5)22(16-28-26(25)31)27(32)29-17(3)20-11-9-8-10-12-20/h8-17H,6-7H2,1-5H3,(H,29,32)/t17-/m0/s1. The van der Waals surface area contributed by atoms with Gasteiger partial charge in [-0.1, -0.05) is 36.4 Å². The van der Waals surface area contributed by atoms with Gasteiger partial charge < -0.3 is 14.8 Å². The van der Waals surface area contributed by atoms with Gasteiger partial charge in [0.2, 0.25) is 0 Å². The Labute approximate surface area is 199 Å². The lowest BCUT2D eigenvalue weighted by molar-refractivity contribution is 0.0938. The molecule has 0 bridgehead atoms. The zero-order valence-corrected chi connectivity index (χ0v) is 20.3. The minimum absolute atomic E-state index is 0.125. The van der Waals surface area contributed by atoms with Crippen molar-refractivity contribution in [2.45, 2.75) is 40.7 Å². The molecule has 7 nitrogen and oxygen atoms in total. The van der Waals surface area contributed by atoms with E-state index < -0.39 is 0 Å². The molecule has 176 valence electrons. The molecule has 2 aromatic heterocycles. The number of aromatic nitrogens is 3. The highest BCUT2D eigenvalue weighted by atomic mass is 16.5. The largest absolute Gasteiger partial charge is 0.490 e. The van der Waals surface area contributed by atoms with Gasteiger partial charge in [-0.3, -0.25) is 4.79 Å². The third-order valence-corrected chi connectivity index (χ3v) is 5.78. The summed E-state index contributed by atoms with van der Waals surface area (Å²) in [4.78, 5) is 17.7. The molecule has 0 unspecified atom stereocenters. The minimum Gasteiger partial charge on any atom is -0.490 e. The van der Waals surface area contributed by atoms with Crippen LogP contribution in [0.2, 0.25) is 0 Å².